The van der Waals surface area contributed by atoms with Crippen LogP contribution >= 0.6 is 0 Å². The van der Waals surface area contributed by atoms with E-state index in [1.54, 1.807) is 0 Å². The molecule has 55 heavy (non-hydrogen) atoms. The number of aliphatic hydroxyl groups is 1. The van der Waals surface area contributed by atoms with E-state index in [1.165, 1.54) is 89.4 Å². The van der Waals surface area contributed by atoms with Crippen molar-refractivity contribution in [1.29, 1.82) is 0 Å². The molecule has 1 heterocycles. The van der Waals surface area contributed by atoms with Gasteiger partial charge in [-0.05, 0) is 109 Å². The number of aromatic nitrogens is 1. The zero-order valence-electron chi connectivity index (χ0n) is 36.9. The van der Waals surface area contributed by atoms with Gasteiger partial charge in [-0.15, -0.1) is 29.1 Å². The first kappa shape index (κ1) is 44.9. The molecule has 1 spiro atoms. The first-order valence-corrected chi connectivity index (χ1v) is 20.5. The molecular weight excluding hydrogens is 851 g/mol. The summed E-state index contributed by atoms with van der Waals surface area (Å²) in [7, 11) is 0. The summed E-state index contributed by atoms with van der Waals surface area (Å²) in [6.07, 6.45) is 10.7. The van der Waals surface area contributed by atoms with E-state index in [-0.39, 0.29) is 42.5 Å². The third-order valence-electron chi connectivity index (χ3n) is 12.1. The summed E-state index contributed by atoms with van der Waals surface area (Å²) < 4.78 is 0. The first-order chi connectivity index (χ1) is 24.7. The van der Waals surface area contributed by atoms with Crippen LogP contribution in [0.5, 0.6) is 0 Å². The molecule has 2 aliphatic rings. The predicted octanol–water partition coefficient (Wildman–Crippen LogP) is 14.7. The minimum absolute atomic E-state index is 0. The maximum atomic E-state index is 11.5. The van der Waals surface area contributed by atoms with E-state index < -0.39 is 5.41 Å². The Morgan fingerprint density at radius 1 is 0.818 bits per heavy atom. The molecule has 301 valence electrons. The fourth-order valence-corrected chi connectivity index (χ4v) is 10.2. The van der Waals surface area contributed by atoms with Crippen molar-refractivity contribution in [3.05, 3.63) is 88.7 Å². The second-order valence-electron chi connectivity index (χ2n) is 22.0. The van der Waals surface area contributed by atoms with Crippen molar-refractivity contribution in [2.45, 2.75) is 160 Å². The number of aryl methyl sites for hydroxylation is 2. The molecule has 4 heteroatoms. The Bertz CT molecular complexity index is 2040. The summed E-state index contributed by atoms with van der Waals surface area (Å²) in [4.78, 5) is 16.8. The Balaban J connectivity index is 0.000000414. The summed E-state index contributed by atoms with van der Waals surface area (Å²) >= 11 is 0. The fourth-order valence-electron chi connectivity index (χ4n) is 10.2. The Morgan fingerprint density at radius 3 is 1.95 bits per heavy atom. The second-order valence-corrected chi connectivity index (χ2v) is 22.0. The number of carbonyl (C=O) groups excluding carboxylic acids is 1. The molecule has 2 saturated carbocycles. The van der Waals surface area contributed by atoms with Gasteiger partial charge >= 0.3 is 0 Å². The average molecular weight is 921 g/mol. The second kappa shape index (κ2) is 15.9. The first-order valence-electron chi connectivity index (χ1n) is 20.5. The maximum absolute atomic E-state index is 11.5. The number of carbonyl (C=O) groups is 1. The number of rotatable bonds is 3. The van der Waals surface area contributed by atoms with Gasteiger partial charge in [-0.1, -0.05) is 131 Å². The average Bonchev–Trinajstić information content (AvgIpc) is 3.01. The molecule has 1 aromatic heterocycles. The van der Waals surface area contributed by atoms with Crippen molar-refractivity contribution in [3.8, 4) is 11.3 Å². The van der Waals surface area contributed by atoms with E-state index in [4.69, 9.17) is 4.98 Å². The van der Waals surface area contributed by atoms with Crippen molar-refractivity contribution >= 4 is 27.5 Å². The van der Waals surface area contributed by atoms with Crippen LogP contribution in [0.4, 0.5) is 0 Å². The largest absolute Gasteiger partial charge is 0.512 e. The Kier molecular flexibility index (Phi) is 12.9. The van der Waals surface area contributed by atoms with Gasteiger partial charge in [0.1, 0.15) is 5.76 Å². The van der Waals surface area contributed by atoms with E-state index >= 15 is 0 Å². The monoisotopic (exact) mass is 922 g/mol. The van der Waals surface area contributed by atoms with E-state index in [9.17, 15) is 9.90 Å². The quantitative estimate of drug-likeness (QED) is 0.127. The van der Waals surface area contributed by atoms with Gasteiger partial charge in [0.15, 0.2) is 5.78 Å². The standard InChI is InChI=1S/C40H50N.C11H20O2.Ir/c1-26-18-27(2)36-32(28-14-16-40(17-15-28)24-38(6,7)23-39(8,9)25-40)22-34(41-35(36)19-26)30-20-29-12-10-11-13-31(29)33(21-30)37(3,4)5;1-10(2,3)8(12)7-9(13)11(4,5)6;/h10-13,18-19,21-22,28H,14-17,23-25H2,1-9H3;7,12H,1-6H3;/q-1;;/b;8-7-;. The fraction of sp³-hybridized carbons (Fsp3) is 0.569. The number of ketones is 1. The number of allylic oxidation sites excluding steroid dienone is 2. The number of pyridine rings is 1. The van der Waals surface area contributed by atoms with Gasteiger partial charge in [0.05, 0.1) is 5.52 Å². The smallest absolute Gasteiger partial charge is 0.164 e. The number of nitrogens with zero attached hydrogens (tertiary/aromatic N) is 1. The minimum Gasteiger partial charge on any atom is -0.512 e. The van der Waals surface area contributed by atoms with E-state index in [2.05, 4.69) is 117 Å². The van der Waals surface area contributed by atoms with Crippen molar-refractivity contribution in [2.75, 3.05) is 0 Å². The Labute approximate surface area is 347 Å². The molecule has 0 amide bonds. The SMILES string of the molecule is CC(C)(C)C(=O)/C=C(\O)C(C)(C)C.Cc1cc(C)c2c(C3CCC4(CC3)CC(C)(C)CC(C)(C)C4)cc(-c3[c-]c4ccccc4c(C(C)(C)C)c3)nc2c1.[Ir]. The van der Waals surface area contributed by atoms with Crippen LogP contribution in [0.2, 0.25) is 0 Å². The molecule has 3 nitrogen and oxygen atoms in total. The molecule has 4 aromatic rings. The molecule has 0 atom stereocenters. The van der Waals surface area contributed by atoms with E-state index in [1.807, 2.05) is 41.5 Å². The van der Waals surface area contributed by atoms with E-state index in [0.717, 1.165) is 16.8 Å². The number of hydrogen-bond donors (Lipinski definition) is 1. The molecule has 0 saturated heterocycles. The Morgan fingerprint density at radius 2 is 1.40 bits per heavy atom. The molecule has 1 N–H and O–H groups in total. The van der Waals surface area contributed by atoms with Crippen LogP contribution < -0.4 is 0 Å². The number of aliphatic hydroxyl groups excluding tert-OH is 1. The molecule has 0 unspecified atom stereocenters. The molecule has 0 bridgehead atoms. The number of hydrogen-bond acceptors (Lipinski definition) is 3. The summed E-state index contributed by atoms with van der Waals surface area (Å²) in [5.74, 6) is 0.689. The van der Waals surface area contributed by atoms with Gasteiger partial charge in [-0.25, -0.2) is 0 Å². The van der Waals surface area contributed by atoms with Gasteiger partial charge in [-0.3, -0.25) is 9.78 Å². The van der Waals surface area contributed by atoms with Crippen LogP contribution in [0.25, 0.3) is 32.9 Å². The third kappa shape index (κ3) is 10.6. The molecular formula is C51H70IrNO2-. The number of fused-ring (bicyclic) bond motifs is 2. The molecule has 1 radical (unpaired) electrons. The van der Waals surface area contributed by atoms with Crippen LogP contribution in [-0.4, -0.2) is 15.9 Å². The van der Waals surface area contributed by atoms with Crippen LogP contribution in [0.3, 0.4) is 0 Å². The normalized spacial score (nSPS) is 18.8. The summed E-state index contributed by atoms with van der Waals surface area (Å²) in [6, 6.07) is 22.0. The van der Waals surface area contributed by atoms with E-state index in [0.29, 0.717) is 22.2 Å². The van der Waals surface area contributed by atoms with Gasteiger partial charge < -0.3 is 5.11 Å². The molecule has 2 fully saturated rings. The molecule has 2 aliphatic carbocycles. The van der Waals surface area contributed by atoms with Crippen LogP contribution in [-0.2, 0) is 30.3 Å². The van der Waals surface area contributed by atoms with Gasteiger partial charge in [0, 0.05) is 48.1 Å². The number of benzene rings is 3. The van der Waals surface area contributed by atoms with Gasteiger partial charge in [0.2, 0.25) is 0 Å². The maximum Gasteiger partial charge on any atom is 0.164 e. The summed E-state index contributed by atoms with van der Waals surface area (Å²) in [5, 5.41) is 13.4. The van der Waals surface area contributed by atoms with Crippen molar-refractivity contribution < 1.29 is 30.0 Å². The van der Waals surface area contributed by atoms with Crippen LogP contribution in [0.15, 0.2) is 60.4 Å². The Hall–Kier alpha value is -2.81. The third-order valence-corrected chi connectivity index (χ3v) is 12.1. The molecule has 6 rings (SSSR count). The zero-order valence-corrected chi connectivity index (χ0v) is 39.3. The molecule has 3 aromatic carbocycles. The van der Waals surface area contributed by atoms with Crippen LogP contribution in [0, 0.1) is 47.0 Å². The predicted molar refractivity (Wildman–Crippen MR) is 231 cm³/mol. The molecule has 0 aliphatic heterocycles. The summed E-state index contributed by atoms with van der Waals surface area (Å²) in [6.45, 7) is 32.6. The zero-order chi connectivity index (χ0) is 40.2. The summed E-state index contributed by atoms with van der Waals surface area (Å²) in [5.41, 5.74) is 9.55. The topological polar surface area (TPSA) is 50.2 Å². The van der Waals surface area contributed by atoms with Crippen LogP contribution in [0.1, 0.15) is 163 Å². The van der Waals surface area contributed by atoms with Gasteiger partial charge in [-0.2, -0.15) is 0 Å². The van der Waals surface area contributed by atoms with Crippen molar-refractivity contribution in [2.24, 2.45) is 27.1 Å². The van der Waals surface area contributed by atoms with Gasteiger partial charge in [0.25, 0.3) is 0 Å². The minimum atomic E-state index is -0.417. The van der Waals surface area contributed by atoms with Crippen molar-refractivity contribution in [3.63, 3.8) is 0 Å². The van der Waals surface area contributed by atoms with Crippen molar-refractivity contribution in [1.82, 2.24) is 4.98 Å².